The monoisotopic (exact) mass is 274 g/mol. The molecule has 0 rings (SSSR count). The molecule has 0 saturated carbocycles. The van der Waals surface area contributed by atoms with Gasteiger partial charge < -0.3 is 9.47 Å². The van der Waals surface area contributed by atoms with Gasteiger partial charge >= 0.3 is 11.9 Å². The van der Waals surface area contributed by atoms with Crippen LogP contribution in [0, 0.1) is 0 Å². The first-order valence-corrected chi connectivity index (χ1v) is 5.71. The summed E-state index contributed by atoms with van der Waals surface area (Å²) in [6, 6.07) is 0. The number of carbonyl (C=O) groups excluding carboxylic acids is 2. The molecule has 0 aromatic rings. The molecule has 0 unspecified atom stereocenters. The van der Waals surface area contributed by atoms with Crippen LogP contribution >= 0.6 is 0 Å². The molecule has 0 aromatic heterocycles. The lowest BCUT2D eigenvalue weighted by Crippen LogP contribution is -2.04. The van der Waals surface area contributed by atoms with Crippen LogP contribution in [0.15, 0.2) is 73.3 Å². The Labute approximate surface area is 119 Å². The molecule has 106 valence electrons. The van der Waals surface area contributed by atoms with Crippen molar-refractivity contribution in [3.63, 3.8) is 0 Å². The zero-order valence-electron chi connectivity index (χ0n) is 11.8. The van der Waals surface area contributed by atoms with Gasteiger partial charge in [0.2, 0.25) is 0 Å². The van der Waals surface area contributed by atoms with Gasteiger partial charge in [0, 0.05) is 6.92 Å². The van der Waals surface area contributed by atoms with Crippen LogP contribution in [0.1, 0.15) is 13.8 Å². The van der Waals surface area contributed by atoms with Crippen molar-refractivity contribution in [1.29, 1.82) is 0 Å². The number of esters is 2. The summed E-state index contributed by atoms with van der Waals surface area (Å²) in [7, 11) is 0. The predicted octanol–water partition coefficient (Wildman–Crippen LogP) is 3.36. The zero-order valence-corrected chi connectivity index (χ0v) is 11.8. The van der Waals surface area contributed by atoms with E-state index in [9.17, 15) is 9.59 Å². The summed E-state index contributed by atoms with van der Waals surface area (Å²) in [6.45, 7) is 17.3. The molecule has 0 N–H and O–H groups in total. The second-order valence-electron chi connectivity index (χ2n) is 3.95. The minimum atomic E-state index is -0.659. The van der Waals surface area contributed by atoms with Crippen LogP contribution in [0.2, 0.25) is 0 Å². The molecular weight excluding hydrogens is 256 g/mol. The van der Waals surface area contributed by atoms with Gasteiger partial charge in [0.1, 0.15) is 11.5 Å². The highest BCUT2D eigenvalue weighted by Crippen LogP contribution is 2.07. The summed E-state index contributed by atoms with van der Waals surface area (Å²) in [4.78, 5) is 22.3. The average Bonchev–Trinajstić information content (AvgIpc) is 2.32. The first-order valence-electron chi connectivity index (χ1n) is 5.71. The van der Waals surface area contributed by atoms with Crippen LogP contribution in [-0.2, 0) is 19.1 Å². The smallest absolute Gasteiger partial charge is 0.342 e. The summed E-state index contributed by atoms with van der Waals surface area (Å²) in [5, 5.41) is 0. The van der Waals surface area contributed by atoms with Crippen LogP contribution in [0.25, 0.3) is 0 Å². The molecule has 0 spiro atoms. The topological polar surface area (TPSA) is 52.6 Å². The Morgan fingerprint density at radius 1 is 0.800 bits per heavy atom. The van der Waals surface area contributed by atoms with Gasteiger partial charge in [-0.05, 0) is 25.2 Å². The van der Waals surface area contributed by atoms with E-state index in [2.05, 4.69) is 31.1 Å². The van der Waals surface area contributed by atoms with E-state index in [1.165, 1.54) is 25.2 Å². The van der Waals surface area contributed by atoms with E-state index in [4.69, 9.17) is 4.74 Å². The summed E-state index contributed by atoms with van der Waals surface area (Å²) >= 11 is 0. The minimum absolute atomic E-state index is 0.0724. The van der Waals surface area contributed by atoms with Crippen LogP contribution in [0.3, 0.4) is 0 Å². The highest BCUT2D eigenvalue weighted by Gasteiger charge is 2.06. The maximum absolute atomic E-state index is 11.6. The van der Waals surface area contributed by atoms with E-state index < -0.39 is 11.9 Å². The Morgan fingerprint density at radius 3 is 1.80 bits per heavy atom. The van der Waals surface area contributed by atoms with Crippen LogP contribution < -0.4 is 0 Å². The van der Waals surface area contributed by atoms with Crippen LogP contribution in [0.4, 0.5) is 0 Å². The van der Waals surface area contributed by atoms with Crippen molar-refractivity contribution in [2.45, 2.75) is 13.8 Å². The number of hydrogen-bond donors (Lipinski definition) is 0. The Kier molecular flexibility index (Phi) is 7.37. The maximum Gasteiger partial charge on any atom is 0.342 e. The van der Waals surface area contributed by atoms with Gasteiger partial charge in [-0.3, -0.25) is 4.79 Å². The highest BCUT2D eigenvalue weighted by molar-refractivity contribution is 5.91. The molecule has 0 aromatic carbocycles. The van der Waals surface area contributed by atoms with E-state index in [1.807, 2.05) is 0 Å². The van der Waals surface area contributed by atoms with Crippen molar-refractivity contribution in [1.82, 2.24) is 0 Å². The van der Waals surface area contributed by atoms with Gasteiger partial charge in [-0.1, -0.05) is 38.0 Å². The van der Waals surface area contributed by atoms with Crippen molar-refractivity contribution < 1.29 is 19.1 Å². The third-order valence-electron chi connectivity index (χ3n) is 1.78. The molecule has 0 heterocycles. The molecule has 0 amide bonds. The summed E-state index contributed by atoms with van der Waals surface area (Å²) in [6.07, 6.45) is 5.87. The second kappa shape index (κ2) is 8.48. The molecule has 4 nitrogen and oxygen atoms in total. The Balaban J connectivity index is 4.43. The van der Waals surface area contributed by atoms with Crippen molar-refractivity contribution in [3.05, 3.63) is 73.3 Å². The van der Waals surface area contributed by atoms with E-state index >= 15 is 0 Å². The number of rotatable bonds is 7. The fourth-order valence-corrected chi connectivity index (χ4v) is 0.934. The molecule has 0 aliphatic rings. The van der Waals surface area contributed by atoms with E-state index in [0.29, 0.717) is 0 Å². The van der Waals surface area contributed by atoms with E-state index in [0.717, 1.165) is 5.57 Å². The predicted molar refractivity (Wildman–Crippen MR) is 78.4 cm³/mol. The number of ether oxygens (including phenoxy) is 2. The lowest BCUT2D eigenvalue weighted by atomic mass is 10.2. The standard InChI is InChI=1S/C16H18O4/c1-11(2)7-9-14(5)20-16(18)12(3)8-10-13(4)19-15(6)17/h7-10H,1,3-5H2,2,6H3/b9-7-,10-8-. The van der Waals surface area contributed by atoms with Gasteiger partial charge in [0.25, 0.3) is 0 Å². The number of carbonyl (C=O) groups is 2. The van der Waals surface area contributed by atoms with Crippen LogP contribution in [0.5, 0.6) is 0 Å². The van der Waals surface area contributed by atoms with E-state index in [-0.39, 0.29) is 17.1 Å². The molecule has 0 aliphatic heterocycles. The third kappa shape index (κ3) is 8.47. The highest BCUT2D eigenvalue weighted by atomic mass is 16.5. The summed E-state index contributed by atoms with van der Waals surface area (Å²) in [5.74, 6) is -0.877. The van der Waals surface area contributed by atoms with Crippen molar-refractivity contribution in [3.8, 4) is 0 Å². The second-order valence-corrected chi connectivity index (χ2v) is 3.95. The fourth-order valence-electron chi connectivity index (χ4n) is 0.934. The first-order chi connectivity index (χ1) is 9.22. The largest absolute Gasteiger partial charge is 0.427 e. The Bertz CT molecular complexity index is 519. The number of hydrogen-bond acceptors (Lipinski definition) is 4. The fraction of sp³-hybridized carbons (Fsp3) is 0.125. The van der Waals surface area contributed by atoms with Gasteiger partial charge in [-0.25, -0.2) is 4.79 Å². The molecular formula is C16H18O4. The molecule has 0 fully saturated rings. The zero-order chi connectivity index (χ0) is 15.7. The quantitative estimate of drug-likeness (QED) is 0.309. The summed E-state index contributed by atoms with van der Waals surface area (Å²) < 4.78 is 9.60. The van der Waals surface area contributed by atoms with E-state index in [1.54, 1.807) is 13.0 Å². The van der Waals surface area contributed by atoms with Crippen molar-refractivity contribution in [2.75, 3.05) is 0 Å². The normalized spacial score (nSPS) is 10.3. The molecule has 0 atom stereocenters. The SMILES string of the molecule is C=C(C)/C=C\C(=C)OC(=O)C(=C)/C=C\C(=C)OC(C)=O. The van der Waals surface area contributed by atoms with Crippen molar-refractivity contribution in [2.24, 2.45) is 0 Å². The first kappa shape index (κ1) is 17.4. The van der Waals surface area contributed by atoms with Gasteiger partial charge in [-0.15, -0.1) is 0 Å². The lowest BCUT2D eigenvalue weighted by Gasteiger charge is -2.03. The molecule has 0 saturated heterocycles. The molecule has 0 aliphatic carbocycles. The molecule has 4 heteroatoms. The Morgan fingerprint density at radius 2 is 1.30 bits per heavy atom. The summed E-state index contributed by atoms with van der Waals surface area (Å²) in [5.41, 5.74) is 0.877. The molecule has 0 bridgehead atoms. The molecule has 0 radical (unpaired) electrons. The van der Waals surface area contributed by atoms with Gasteiger partial charge in [0.15, 0.2) is 0 Å². The number of allylic oxidation sites excluding steroid dienone is 4. The average molecular weight is 274 g/mol. The maximum atomic E-state index is 11.6. The van der Waals surface area contributed by atoms with Gasteiger partial charge in [0.05, 0.1) is 5.57 Å². The van der Waals surface area contributed by atoms with Gasteiger partial charge in [-0.2, -0.15) is 0 Å². The minimum Gasteiger partial charge on any atom is -0.427 e. The molecule has 20 heavy (non-hydrogen) atoms. The lowest BCUT2D eigenvalue weighted by molar-refractivity contribution is -0.136. The Hall–Kier alpha value is -2.62. The third-order valence-corrected chi connectivity index (χ3v) is 1.78. The van der Waals surface area contributed by atoms with Crippen molar-refractivity contribution >= 4 is 11.9 Å². The van der Waals surface area contributed by atoms with Crippen LogP contribution in [-0.4, -0.2) is 11.9 Å².